The predicted octanol–water partition coefficient (Wildman–Crippen LogP) is 3.72. The molecule has 0 spiro atoms. The third-order valence-corrected chi connectivity index (χ3v) is 6.29. The van der Waals surface area contributed by atoms with Gasteiger partial charge in [-0.05, 0) is 52.9 Å². The molecule has 31 heavy (non-hydrogen) atoms. The minimum absolute atomic E-state index is 0.119. The second kappa shape index (κ2) is 8.39. The summed E-state index contributed by atoms with van der Waals surface area (Å²) in [4.78, 5) is 47.9. The Morgan fingerprint density at radius 1 is 1.10 bits per heavy atom. The minimum atomic E-state index is -1.05. The summed E-state index contributed by atoms with van der Waals surface area (Å²) in [6.07, 6.45) is 1.46. The van der Waals surface area contributed by atoms with E-state index in [4.69, 9.17) is 0 Å². The molecule has 158 valence electrons. The summed E-state index contributed by atoms with van der Waals surface area (Å²) in [5, 5.41) is 11.5. The number of pyridine rings is 1. The van der Waals surface area contributed by atoms with Crippen LogP contribution in [0.4, 0.5) is 4.79 Å². The van der Waals surface area contributed by atoms with Gasteiger partial charge < -0.3 is 9.67 Å². The Bertz CT molecular complexity index is 1260. The van der Waals surface area contributed by atoms with Gasteiger partial charge in [0, 0.05) is 5.56 Å². The van der Waals surface area contributed by atoms with E-state index in [0.717, 1.165) is 29.1 Å². The molecule has 2 amide bonds. The molecule has 0 bridgehead atoms. The van der Waals surface area contributed by atoms with Gasteiger partial charge in [0.1, 0.15) is 5.25 Å². The number of carbonyl (C=O) groups is 3. The molecule has 2 aromatic carbocycles. The van der Waals surface area contributed by atoms with Crippen LogP contribution < -0.4 is 10.9 Å². The summed E-state index contributed by atoms with van der Waals surface area (Å²) in [5.41, 5.74) is 2.77. The molecule has 1 atom stereocenters. The quantitative estimate of drug-likeness (QED) is 0.610. The van der Waals surface area contributed by atoms with E-state index in [1.807, 2.05) is 25.1 Å². The minimum Gasteiger partial charge on any atom is -0.478 e. The highest BCUT2D eigenvalue weighted by atomic mass is 32.2. The maximum absolute atomic E-state index is 13.1. The molecule has 8 heteroatoms. The third kappa shape index (κ3) is 4.11. The van der Waals surface area contributed by atoms with Crippen molar-refractivity contribution in [2.75, 3.05) is 0 Å². The van der Waals surface area contributed by atoms with Gasteiger partial charge in [-0.15, -0.1) is 0 Å². The number of aromatic carboxylic acids is 1. The third-order valence-electron chi connectivity index (χ3n) is 5.25. The molecule has 0 aliphatic carbocycles. The molecule has 7 nitrogen and oxygen atoms in total. The van der Waals surface area contributed by atoms with Crippen molar-refractivity contribution >= 4 is 39.8 Å². The number of nitrogens with one attached hydrogen (secondary N) is 1. The Hall–Kier alpha value is -3.39. The highest BCUT2D eigenvalue weighted by Gasteiger charge is 2.32. The lowest BCUT2D eigenvalue weighted by molar-refractivity contribution is -0.119. The molecule has 1 aliphatic rings. The van der Waals surface area contributed by atoms with Crippen LogP contribution in [-0.2, 0) is 17.8 Å². The van der Waals surface area contributed by atoms with Gasteiger partial charge in [-0.1, -0.05) is 43.7 Å². The lowest BCUT2D eigenvalue weighted by atomic mass is 10.0. The number of amides is 2. The van der Waals surface area contributed by atoms with Gasteiger partial charge in [-0.3, -0.25) is 19.7 Å². The van der Waals surface area contributed by atoms with Crippen molar-refractivity contribution in [3.63, 3.8) is 0 Å². The molecular formula is C23H20N2O5S. The zero-order valence-electron chi connectivity index (χ0n) is 16.8. The molecule has 0 saturated carbocycles. The standard InChI is InChI=1S/C23H20N2O5S/c1-2-3-16-10-15-8-9-17(22(28)29)11-18(15)25(21(16)27)12-13-4-6-14(7-5-13)19-20(26)24-23(30)31-19/h4-11,19H,2-3,12H2,1H3,(H,28,29)(H,24,26,30). The van der Waals surface area contributed by atoms with E-state index < -0.39 is 11.2 Å². The second-order valence-corrected chi connectivity index (χ2v) is 8.48. The fourth-order valence-corrected chi connectivity index (χ4v) is 4.56. The van der Waals surface area contributed by atoms with Crippen molar-refractivity contribution in [3.8, 4) is 0 Å². The zero-order chi connectivity index (χ0) is 22.1. The van der Waals surface area contributed by atoms with Crippen LogP contribution in [0.2, 0.25) is 0 Å². The van der Waals surface area contributed by atoms with Crippen LogP contribution >= 0.6 is 11.8 Å². The Morgan fingerprint density at radius 2 is 1.84 bits per heavy atom. The monoisotopic (exact) mass is 436 g/mol. The predicted molar refractivity (Wildman–Crippen MR) is 119 cm³/mol. The van der Waals surface area contributed by atoms with Gasteiger partial charge in [0.05, 0.1) is 17.6 Å². The van der Waals surface area contributed by atoms with E-state index in [1.54, 1.807) is 22.8 Å². The first kappa shape index (κ1) is 20.9. The van der Waals surface area contributed by atoms with Gasteiger partial charge in [-0.25, -0.2) is 4.79 Å². The summed E-state index contributed by atoms with van der Waals surface area (Å²) >= 11 is 0.942. The number of thioether (sulfide) groups is 1. The topological polar surface area (TPSA) is 105 Å². The van der Waals surface area contributed by atoms with E-state index in [-0.39, 0.29) is 28.8 Å². The smallest absolute Gasteiger partial charge is 0.335 e. The van der Waals surface area contributed by atoms with E-state index in [9.17, 15) is 24.3 Å². The zero-order valence-corrected chi connectivity index (χ0v) is 17.6. The summed E-state index contributed by atoms with van der Waals surface area (Å²) in [7, 11) is 0. The Labute approximate surface area is 182 Å². The number of imide groups is 1. The Kier molecular flexibility index (Phi) is 5.65. The number of carbonyl (C=O) groups excluding carboxylic acids is 2. The van der Waals surface area contributed by atoms with Crippen molar-refractivity contribution in [2.45, 2.75) is 31.6 Å². The molecular weight excluding hydrogens is 416 g/mol. The number of carboxylic acids is 1. The summed E-state index contributed by atoms with van der Waals surface area (Å²) in [6, 6.07) is 13.8. The van der Waals surface area contributed by atoms with Crippen LogP contribution in [0.1, 0.15) is 45.6 Å². The van der Waals surface area contributed by atoms with E-state index in [2.05, 4.69) is 5.32 Å². The van der Waals surface area contributed by atoms with E-state index >= 15 is 0 Å². The number of rotatable bonds is 6. The average molecular weight is 436 g/mol. The number of nitrogens with zero attached hydrogens (tertiary/aromatic N) is 1. The van der Waals surface area contributed by atoms with E-state index in [1.165, 1.54) is 12.1 Å². The maximum Gasteiger partial charge on any atom is 0.335 e. The van der Waals surface area contributed by atoms with Gasteiger partial charge in [0.25, 0.3) is 10.8 Å². The molecule has 1 fully saturated rings. The molecule has 4 rings (SSSR count). The van der Waals surface area contributed by atoms with Crippen LogP contribution in [0.5, 0.6) is 0 Å². The summed E-state index contributed by atoms with van der Waals surface area (Å²) in [6.45, 7) is 2.27. The Balaban J connectivity index is 1.74. The normalized spacial score (nSPS) is 16.0. The number of carboxylic acid groups (broad SMARTS) is 1. The number of fused-ring (bicyclic) bond motifs is 1. The summed E-state index contributed by atoms with van der Waals surface area (Å²) in [5.74, 6) is -1.39. The first-order chi connectivity index (χ1) is 14.9. The number of hydrogen-bond donors (Lipinski definition) is 2. The number of hydrogen-bond acceptors (Lipinski definition) is 5. The molecule has 2 heterocycles. The lowest BCUT2D eigenvalue weighted by Crippen LogP contribution is -2.25. The van der Waals surface area contributed by atoms with Crippen LogP contribution in [0, 0.1) is 0 Å². The van der Waals surface area contributed by atoms with Gasteiger partial charge in [0.15, 0.2) is 0 Å². The lowest BCUT2D eigenvalue weighted by Gasteiger charge is -2.14. The fraction of sp³-hybridized carbons (Fsp3) is 0.217. The first-order valence-corrected chi connectivity index (χ1v) is 10.8. The number of benzene rings is 2. The summed E-state index contributed by atoms with van der Waals surface area (Å²) < 4.78 is 1.60. The van der Waals surface area contributed by atoms with Crippen molar-refractivity contribution in [3.05, 3.63) is 81.1 Å². The van der Waals surface area contributed by atoms with Crippen molar-refractivity contribution in [2.24, 2.45) is 0 Å². The van der Waals surface area contributed by atoms with Gasteiger partial charge in [0.2, 0.25) is 5.91 Å². The second-order valence-electron chi connectivity index (χ2n) is 7.41. The first-order valence-electron chi connectivity index (χ1n) is 9.87. The van der Waals surface area contributed by atoms with Crippen molar-refractivity contribution in [1.82, 2.24) is 9.88 Å². The van der Waals surface area contributed by atoms with Gasteiger partial charge >= 0.3 is 5.97 Å². The van der Waals surface area contributed by atoms with Crippen LogP contribution in [0.25, 0.3) is 10.9 Å². The van der Waals surface area contributed by atoms with Crippen molar-refractivity contribution in [1.29, 1.82) is 0 Å². The Morgan fingerprint density at radius 3 is 2.45 bits per heavy atom. The molecule has 1 aliphatic heterocycles. The van der Waals surface area contributed by atoms with Crippen molar-refractivity contribution < 1.29 is 19.5 Å². The highest BCUT2D eigenvalue weighted by molar-refractivity contribution is 8.15. The van der Waals surface area contributed by atoms with E-state index in [0.29, 0.717) is 23.1 Å². The largest absolute Gasteiger partial charge is 0.478 e. The molecule has 2 N–H and O–H groups in total. The molecule has 0 radical (unpaired) electrons. The molecule has 3 aromatic rings. The number of aryl methyl sites for hydroxylation is 1. The van der Waals surface area contributed by atoms with Gasteiger partial charge in [-0.2, -0.15) is 0 Å². The SMILES string of the molecule is CCCc1cc2ccc(C(=O)O)cc2n(Cc2ccc(C3SC(=O)NC3=O)cc2)c1=O. The fourth-order valence-electron chi connectivity index (χ4n) is 3.73. The van der Waals surface area contributed by atoms with Crippen LogP contribution in [0.15, 0.2) is 53.3 Å². The highest BCUT2D eigenvalue weighted by Crippen LogP contribution is 2.34. The molecule has 1 saturated heterocycles. The van der Waals surface area contributed by atoms with Crippen LogP contribution in [-0.4, -0.2) is 26.8 Å². The number of aromatic nitrogens is 1. The maximum atomic E-state index is 13.1. The molecule has 1 aromatic heterocycles. The average Bonchev–Trinajstić information content (AvgIpc) is 3.09. The van der Waals surface area contributed by atoms with Crippen LogP contribution in [0.3, 0.4) is 0 Å². The molecule has 1 unspecified atom stereocenters.